The third-order valence-electron chi connectivity index (χ3n) is 5.60. The predicted molar refractivity (Wildman–Crippen MR) is 119 cm³/mol. The van der Waals surface area contributed by atoms with Gasteiger partial charge in [0.25, 0.3) is 5.91 Å². The number of rotatable bonds is 6. The number of carbonyl (C=O) groups excluding carboxylic acids is 2. The van der Waals surface area contributed by atoms with E-state index < -0.39 is 17.6 Å². The van der Waals surface area contributed by atoms with E-state index in [1.54, 1.807) is 24.1 Å². The van der Waals surface area contributed by atoms with E-state index in [2.05, 4.69) is 10.6 Å². The minimum atomic E-state index is -4.57. The first-order valence-corrected chi connectivity index (χ1v) is 10.8. The van der Waals surface area contributed by atoms with Gasteiger partial charge in [-0.15, -0.1) is 0 Å². The SMILES string of the molecule is CN(C(=O)c1ccc(NCC(=O)Nc2ccccc2C(F)(F)F)cc1Cl)C1CCCCC1. The van der Waals surface area contributed by atoms with Gasteiger partial charge < -0.3 is 15.5 Å². The highest BCUT2D eigenvalue weighted by Crippen LogP contribution is 2.34. The molecular formula is C23H25ClF3N3O2. The summed E-state index contributed by atoms with van der Waals surface area (Å²) in [5, 5.41) is 5.33. The second-order valence-electron chi connectivity index (χ2n) is 7.85. The van der Waals surface area contributed by atoms with E-state index in [4.69, 9.17) is 11.6 Å². The summed E-state index contributed by atoms with van der Waals surface area (Å²) in [7, 11) is 1.78. The van der Waals surface area contributed by atoms with Crippen molar-refractivity contribution in [2.45, 2.75) is 44.3 Å². The van der Waals surface area contributed by atoms with Crippen LogP contribution in [-0.2, 0) is 11.0 Å². The molecule has 0 saturated heterocycles. The summed E-state index contributed by atoms with van der Waals surface area (Å²) < 4.78 is 39.2. The highest BCUT2D eigenvalue weighted by molar-refractivity contribution is 6.34. The monoisotopic (exact) mass is 467 g/mol. The van der Waals surface area contributed by atoms with Crippen molar-refractivity contribution in [3.63, 3.8) is 0 Å². The largest absolute Gasteiger partial charge is 0.418 e. The fraction of sp³-hybridized carbons (Fsp3) is 0.391. The Morgan fingerprint density at radius 2 is 1.78 bits per heavy atom. The molecule has 0 unspecified atom stereocenters. The first-order valence-electron chi connectivity index (χ1n) is 10.4. The molecule has 1 aliphatic carbocycles. The summed E-state index contributed by atoms with van der Waals surface area (Å²) in [5.41, 5.74) is -0.377. The van der Waals surface area contributed by atoms with Gasteiger partial charge in [0, 0.05) is 18.8 Å². The molecule has 0 bridgehead atoms. The van der Waals surface area contributed by atoms with E-state index in [1.165, 1.54) is 30.7 Å². The molecule has 9 heteroatoms. The Morgan fingerprint density at radius 3 is 2.44 bits per heavy atom. The standard InChI is InChI=1S/C23H25ClF3N3O2/c1-30(16-7-3-2-4-8-16)22(32)17-12-11-15(13-19(17)24)28-14-21(31)29-20-10-6-5-9-18(20)23(25,26)27/h5-6,9-13,16,28H,2-4,7-8,14H2,1H3,(H,29,31). The van der Waals surface area contributed by atoms with Crippen LogP contribution in [0.3, 0.4) is 0 Å². The van der Waals surface area contributed by atoms with E-state index in [0.29, 0.717) is 11.3 Å². The predicted octanol–water partition coefficient (Wildman–Crippen LogP) is 5.81. The minimum absolute atomic E-state index is 0.157. The number of halogens is 4. The molecule has 1 fully saturated rings. The smallest absolute Gasteiger partial charge is 0.376 e. The second-order valence-corrected chi connectivity index (χ2v) is 8.25. The molecule has 2 aromatic carbocycles. The van der Waals surface area contributed by atoms with Crippen LogP contribution >= 0.6 is 11.6 Å². The van der Waals surface area contributed by atoms with Gasteiger partial charge in [-0.1, -0.05) is 43.0 Å². The number of amides is 2. The lowest BCUT2D eigenvalue weighted by Gasteiger charge is -2.31. The van der Waals surface area contributed by atoms with Crippen molar-refractivity contribution in [3.8, 4) is 0 Å². The van der Waals surface area contributed by atoms with Gasteiger partial charge >= 0.3 is 6.18 Å². The maximum Gasteiger partial charge on any atom is 0.418 e. The average molecular weight is 468 g/mol. The van der Waals surface area contributed by atoms with Crippen molar-refractivity contribution < 1.29 is 22.8 Å². The van der Waals surface area contributed by atoms with E-state index >= 15 is 0 Å². The number of anilines is 2. The average Bonchev–Trinajstić information content (AvgIpc) is 2.77. The molecule has 2 N–H and O–H groups in total. The number of hydrogen-bond acceptors (Lipinski definition) is 3. The normalized spacial score (nSPS) is 14.7. The molecule has 0 atom stereocenters. The molecule has 172 valence electrons. The zero-order valence-corrected chi connectivity index (χ0v) is 18.4. The van der Waals surface area contributed by atoms with Crippen LogP contribution in [0.15, 0.2) is 42.5 Å². The van der Waals surface area contributed by atoms with Gasteiger partial charge in [0.2, 0.25) is 5.91 Å². The molecule has 0 radical (unpaired) electrons. The maximum atomic E-state index is 13.1. The van der Waals surface area contributed by atoms with E-state index in [9.17, 15) is 22.8 Å². The summed E-state index contributed by atoms with van der Waals surface area (Å²) in [4.78, 5) is 26.7. The number of alkyl halides is 3. The van der Waals surface area contributed by atoms with Crippen LogP contribution in [0.1, 0.15) is 48.0 Å². The van der Waals surface area contributed by atoms with Crippen LogP contribution < -0.4 is 10.6 Å². The Bertz CT molecular complexity index is 975. The van der Waals surface area contributed by atoms with Crippen LogP contribution in [0.5, 0.6) is 0 Å². The zero-order valence-electron chi connectivity index (χ0n) is 17.6. The molecule has 3 rings (SSSR count). The van der Waals surface area contributed by atoms with Crippen LogP contribution in [0.4, 0.5) is 24.5 Å². The minimum Gasteiger partial charge on any atom is -0.376 e. The molecule has 1 saturated carbocycles. The molecule has 2 aromatic rings. The lowest BCUT2D eigenvalue weighted by molar-refractivity contribution is -0.137. The summed E-state index contributed by atoms with van der Waals surface area (Å²) in [5.74, 6) is -0.801. The fourth-order valence-corrected chi connectivity index (χ4v) is 4.10. The van der Waals surface area contributed by atoms with Gasteiger partial charge in [0.05, 0.1) is 28.4 Å². The van der Waals surface area contributed by atoms with Crippen LogP contribution in [0.2, 0.25) is 5.02 Å². The van der Waals surface area contributed by atoms with Crippen LogP contribution in [0, 0.1) is 0 Å². The molecule has 5 nitrogen and oxygen atoms in total. The van der Waals surface area contributed by atoms with E-state index in [0.717, 1.165) is 31.7 Å². The Hall–Kier alpha value is -2.74. The third-order valence-corrected chi connectivity index (χ3v) is 5.91. The van der Waals surface area contributed by atoms with Crippen molar-refractivity contribution >= 4 is 34.8 Å². The van der Waals surface area contributed by atoms with Crippen molar-refractivity contribution in [1.82, 2.24) is 4.90 Å². The van der Waals surface area contributed by atoms with Gasteiger partial charge in [0.1, 0.15) is 0 Å². The quantitative estimate of drug-likeness (QED) is 0.563. The third kappa shape index (κ3) is 5.94. The summed E-state index contributed by atoms with van der Waals surface area (Å²) >= 11 is 6.31. The van der Waals surface area contributed by atoms with Gasteiger partial charge in [-0.05, 0) is 43.2 Å². The lowest BCUT2D eigenvalue weighted by Crippen LogP contribution is -2.38. The van der Waals surface area contributed by atoms with Crippen LogP contribution in [-0.4, -0.2) is 36.3 Å². The highest BCUT2D eigenvalue weighted by atomic mass is 35.5. The highest BCUT2D eigenvalue weighted by Gasteiger charge is 2.33. The molecular weight excluding hydrogens is 443 g/mol. The molecule has 0 aromatic heterocycles. The van der Waals surface area contributed by atoms with Gasteiger partial charge in [0.15, 0.2) is 0 Å². The van der Waals surface area contributed by atoms with Gasteiger partial charge in [-0.2, -0.15) is 13.2 Å². The molecule has 0 spiro atoms. The zero-order chi connectivity index (χ0) is 23.3. The van der Waals surface area contributed by atoms with Crippen molar-refractivity contribution in [3.05, 3.63) is 58.6 Å². The second kappa shape index (κ2) is 10.3. The topological polar surface area (TPSA) is 61.4 Å². The summed E-state index contributed by atoms with van der Waals surface area (Å²) in [6, 6.07) is 9.71. The number of nitrogens with zero attached hydrogens (tertiary/aromatic N) is 1. The molecule has 0 aliphatic heterocycles. The molecule has 32 heavy (non-hydrogen) atoms. The molecule has 2 amide bonds. The summed E-state index contributed by atoms with van der Waals surface area (Å²) in [6.45, 7) is -0.266. The number of carbonyl (C=O) groups is 2. The van der Waals surface area contributed by atoms with E-state index in [1.807, 2.05) is 0 Å². The Labute approximate surface area is 189 Å². The van der Waals surface area contributed by atoms with Gasteiger partial charge in [-0.3, -0.25) is 9.59 Å². The van der Waals surface area contributed by atoms with Crippen molar-refractivity contribution in [2.24, 2.45) is 0 Å². The summed E-state index contributed by atoms with van der Waals surface area (Å²) in [6.07, 6.45) is 0.786. The molecule has 0 heterocycles. The lowest BCUT2D eigenvalue weighted by atomic mass is 9.94. The molecule has 1 aliphatic rings. The number of para-hydroxylation sites is 1. The van der Waals surface area contributed by atoms with Crippen molar-refractivity contribution in [1.29, 1.82) is 0 Å². The Morgan fingerprint density at radius 1 is 1.09 bits per heavy atom. The number of nitrogens with one attached hydrogen (secondary N) is 2. The Balaban J connectivity index is 1.60. The van der Waals surface area contributed by atoms with Gasteiger partial charge in [-0.25, -0.2) is 0 Å². The first-order chi connectivity index (χ1) is 15.2. The maximum absolute atomic E-state index is 13.1. The number of hydrogen-bond donors (Lipinski definition) is 2. The van der Waals surface area contributed by atoms with E-state index in [-0.39, 0.29) is 29.2 Å². The first kappa shape index (κ1) is 23.9. The van der Waals surface area contributed by atoms with Crippen LogP contribution in [0.25, 0.3) is 0 Å². The fourth-order valence-electron chi connectivity index (χ4n) is 3.84. The number of benzene rings is 2. The Kier molecular flexibility index (Phi) is 7.66. The van der Waals surface area contributed by atoms with Crippen molar-refractivity contribution in [2.75, 3.05) is 24.2 Å².